The van der Waals surface area contributed by atoms with Gasteiger partial charge in [-0.15, -0.1) is 11.3 Å². The van der Waals surface area contributed by atoms with Crippen LogP contribution in [0.2, 0.25) is 5.02 Å². The van der Waals surface area contributed by atoms with E-state index in [1.54, 1.807) is 17.4 Å². The first-order valence-corrected chi connectivity index (χ1v) is 9.88. The van der Waals surface area contributed by atoms with Crippen LogP contribution in [0.4, 0.5) is 0 Å². The molecular formula is C22H19ClN2O2S. The van der Waals surface area contributed by atoms with Crippen LogP contribution in [-0.4, -0.2) is 17.9 Å². The van der Waals surface area contributed by atoms with E-state index in [-0.39, 0.29) is 5.91 Å². The van der Waals surface area contributed by atoms with E-state index in [2.05, 4.69) is 5.32 Å². The summed E-state index contributed by atoms with van der Waals surface area (Å²) in [6.07, 6.45) is 3.49. The topological polar surface area (TPSA) is 72.2 Å². The zero-order valence-corrected chi connectivity index (χ0v) is 16.5. The van der Waals surface area contributed by atoms with Crippen molar-refractivity contribution >= 4 is 40.8 Å². The van der Waals surface area contributed by atoms with Gasteiger partial charge in [0.05, 0.1) is 0 Å². The quantitative estimate of drug-likeness (QED) is 0.570. The highest BCUT2D eigenvalue weighted by atomic mass is 35.5. The molecule has 1 aromatic heterocycles. The van der Waals surface area contributed by atoms with Gasteiger partial charge in [-0.05, 0) is 41.5 Å². The number of carbonyl (C=O) groups excluding carboxylic acids is 2. The monoisotopic (exact) mass is 410 g/mol. The molecule has 0 saturated carbocycles. The van der Waals surface area contributed by atoms with E-state index < -0.39 is 11.9 Å². The number of benzene rings is 2. The zero-order valence-electron chi connectivity index (χ0n) is 15.0. The van der Waals surface area contributed by atoms with Crippen molar-refractivity contribution in [3.8, 4) is 10.4 Å². The van der Waals surface area contributed by atoms with Crippen molar-refractivity contribution in [1.29, 1.82) is 0 Å². The molecule has 4 nitrogen and oxygen atoms in total. The first kappa shape index (κ1) is 19.9. The molecule has 1 unspecified atom stereocenters. The molecule has 0 aliphatic rings. The fourth-order valence-electron chi connectivity index (χ4n) is 2.66. The summed E-state index contributed by atoms with van der Waals surface area (Å²) in [6.45, 7) is 0. The summed E-state index contributed by atoms with van der Waals surface area (Å²) in [5.41, 5.74) is 7.43. The van der Waals surface area contributed by atoms with E-state index in [4.69, 9.17) is 17.3 Å². The average molecular weight is 411 g/mol. The summed E-state index contributed by atoms with van der Waals surface area (Å²) in [4.78, 5) is 25.9. The van der Waals surface area contributed by atoms with Crippen LogP contribution in [0.5, 0.6) is 0 Å². The van der Waals surface area contributed by atoms with Crippen LogP contribution < -0.4 is 11.1 Å². The smallest absolute Gasteiger partial charge is 0.244 e. The molecule has 2 aromatic carbocycles. The van der Waals surface area contributed by atoms with E-state index in [1.165, 1.54) is 6.08 Å². The molecule has 28 heavy (non-hydrogen) atoms. The zero-order chi connectivity index (χ0) is 19.9. The molecule has 6 heteroatoms. The van der Waals surface area contributed by atoms with Crippen molar-refractivity contribution in [2.45, 2.75) is 12.5 Å². The Balaban J connectivity index is 1.62. The lowest BCUT2D eigenvalue weighted by Crippen LogP contribution is -2.45. The van der Waals surface area contributed by atoms with Crippen LogP contribution in [0.15, 0.2) is 72.8 Å². The minimum Gasteiger partial charge on any atom is -0.368 e. The van der Waals surface area contributed by atoms with Crippen molar-refractivity contribution in [3.05, 3.63) is 88.3 Å². The van der Waals surface area contributed by atoms with Crippen LogP contribution in [-0.2, 0) is 16.0 Å². The lowest BCUT2D eigenvalue weighted by atomic mass is 10.1. The first-order chi connectivity index (χ1) is 13.5. The highest BCUT2D eigenvalue weighted by Gasteiger charge is 2.17. The maximum atomic E-state index is 12.2. The molecule has 0 bridgehead atoms. The summed E-state index contributed by atoms with van der Waals surface area (Å²) >= 11 is 7.48. The molecule has 0 aliphatic heterocycles. The number of carbonyl (C=O) groups is 2. The summed E-state index contributed by atoms with van der Waals surface area (Å²) in [5, 5.41) is 3.36. The number of hydrogen-bond acceptors (Lipinski definition) is 3. The number of nitrogens with one attached hydrogen (secondary N) is 1. The standard InChI is InChI=1S/C22H19ClN2O2S/c23-17-8-6-16(7-9-17)20-12-10-18(28-20)11-13-21(26)25-19(22(24)27)14-15-4-2-1-3-5-15/h1-13,19H,14H2,(H2,24,27)(H,25,26)/b13-11+. The highest BCUT2D eigenvalue weighted by molar-refractivity contribution is 7.16. The molecule has 3 aromatic rings. The van der Waals surface area contributed by atoms with Gasteiger partial charge in [-0.25, -0.2) is 0 Å². The molecule has 0 aliphatic carbocycles. The van der Waals surface area contributed by atoms with E-state index in [9.17, 15) is 9.59 Å². The number of primary amides is 1. The Bertz CT molecular complexity index is 981. The lowest BCUT2D eigenvalue weighted by molar-refractivity contribution is -0.124. The molecule has 0 radical (unpaired) electrons. The van der Waals surface area contributed by atoms with Crippen LogP contribution in [0.25, 0.3) is 16.5 Å². The summed E-state index contributed by atoms with van der Waals surface area (Å²) < 4.78 is 0. The minimum atomic E-state index is -0.757. The van der Waals surface area contributed by atoms with E-state index in [0.717, 1.165) is 20.9 Å². The Morgan fingerprint density at radius 3 is 2.43 bits per heavy atom. The predicted octanol–water partition coefficient (Wildman–Crippen LogP) is 4.29. The molecule has 0 saturated heterocycles. The Morgan fingerprint density at radius 1 is 1.04 bits per heavy atom. The highest BCUT2D eigenvalue weighted by Crippen LogP contribution is 2.29. The van der Waals surface area contributed by atoms with Crippen molar-refractivity contribution in [3.63, 3.8) is 0 Å². The van der Waals surface area contributed by atoms with Crippen LogP contribution in [0, 0.1) is 0 Å². The second-order valence-electron chi connectivity index (χ2n) is 6.20. The van der Waals surface area contributed by atoms with E-state index in [1.807, 2.05) is 66.7 Å². The lowest BCUT2D eigenvalue weighted by Gasteiger charge is -2.14. The Hall–Kier alpha value is -2.89. The van der Waals surface area contributed by atoms with E-state index >= 15 is 0 Å². The average Bonchev–Trinajstić information content (AvgIpc) is 3.16. The van der Waals surface area contributed by atoms with Crippen LogP contribution in [0.1, 0.15) is 10.4 Å². The van der Waals surface area contributed by atoms with Gasteiger partial charge in [0.2, 0.25) is 11.8 Å². The molecular weight excluding hydrogens is 392 g/mol. The van der Waals surface area contributed by atoms with Gasteiger partial charge >= 0.3 is 0 Å². The Morgan fingerprint density at radius 2 is 1.75 bits per heavy atom. The van der Waals surface area contributed by atoms with Gasteiger partial charge in [-0.2, -0.15) is 0 Å². The maximum Gasteiger partial charge on any atom is 0.244 e. The van der Waals surface area contributed by atoms with Gasteiger partial charge in [0.15, 0.2) is 0 Å². The normalized spacial score (nSPS) is 12.0. The third kappa shape index (κ3) is 5.55. The fraction of sp³-hybridized carbons (Fsp3) is 0.0909. The second-order valence-corrected chi connectivity index (χ2v) is 7.75. The number of nitrogens with two attached hydrogens (primary N) is 1. The van der Waals surface area contributed by atoms with Crippen molar-refractivity contribution < 1.29 is 9.59 Å². The van der Waals surface area contributed by atoms with Gasteiger partial charge < -0.3 is 11.1 Å². The van der Waals surface area contributed by atoms with Gasteiger partial charge in [0.1, 0.15) is 6.04 Å². The third-order valence-electron chi connectivity index (χ3n) is 4.10. The molecule has 2 amide bonds. The first-order valence-electron chi connectivity index (χ1n) is 8.69. The number of halogens is 1. The largest absolute Gasteiger partial charge is 0.368 e. The predicted molar refractivity (Wildman–Crippen MR) is 115 cm³/mol. The van der Waals surface area contributed by atoms with Crippen molar-refractivity contribution in [2.24, 2.45) is 5.73 Å². The molecule has 1 heterocycles. The van der Waals surface area contributed by atoms with Crippen molar-refractivity contribution in [2.75, 3.05) is 0 Å². The molecule has 3 rings (SSSR count). The Labute approximate surface area is 172 Å². The fourth-order valence-corrected chi connectivity index (χ4v) is 3.70. The van der Waals surface area contributed by atoms with Gasteiger partial charge in [-0.3, -0.25) is 9.59 Å². The van der Waals surface area contributed by atoms with Gasteiger partial charge in [0.25, 0.3) is 0 Å². The van der Waals surface area contributed by atoms with Gasteiger partial charge in [0, 0.05) is 27.3 Å². The third-order valence-corrected chi connectivity index (χ3v) is 5.45. The van der Waals surface area contributed by atoms with E-state index in [0.29, 0.717) is 11.4 Å². The number of thiophene rings is 1. The maximum absolute atomic E-state index is 12.2. The Kier molecular flexibility index (Phi) is 6.63. The number of amides is 2. The number of hydrogen-bond donors (Lipinski definition) is 2. The summed E-state index contributed by atoms with van der Waals surface area (Å²) in [6, 6.07) is 20.2. The SMILES string of the molecule is NC(=O)C(Cc1ccccc1)NC(=O)/C=C/c1ccc(-c2ccc(Cl)cc2)s1. The minimum absolute atomic E-state index is 0.357. The van der Waals surface area contributed by atoms with Crippen molar-refractivity contribution in [1.82, 2.24) is 5.32 Å². The molecule has 0 fully saturated rings. The molecule has 0 spiro atoms. The molecule has 1 atom stereocenters. The van der Waals surface area contributed by atoms with Gasteiger partial charge in [-0.1, -0.05) is 54.1 Å². The van der Waals surface area contributed by atoms with Crippen LogP contribution >= 0.6 is 22.9 Å². The molecule has 142 valence electrons. The molecule has 3 N–H and O–H groups in total. The summed E-state index contributed by atoms with van der Waals surface area (Å²) in [7, 11) is 0. The second kappa shape index (κ2) is 9.35. The summed E-state index contributed by atoms with van der Waals surface area (Å²) in [5.74, 6) is -0.923. The number of rotatable bonds is 7. The van der Waals surface area contributed by atoms with Crippen LogP contribution in [0.3, 0.4) is 0 Å².